The maximum atomic E-state index is 12.7. The van der Waals surface area contributed by atoms with Gasteiger partial charge in [0.15, 0.2) is 11.4 Å². The van der Waals surface area contributed by atoms with Crippen LogP contribution in [-0.2, 0) is 11.2 Å². The molecule has 2 N–H and O–H groups in total. The van der Waals surface area contributed by atoms with Gasteiger partial charge in [-0.25, -0.2) is 0 Å². The monoisotopic (exact) mass is 407 g/mol. The second-order valence-corrected chi connectivity index (χ2v) is 8.70. The molecule has 2 aliphatic rings. The van der Waals surface area contributed by atoms with E-state index in [9.17, 15) is 4.79 Å². The Morgan fingerprint density at radius 3 is 2.73 bits per heavy atom. The highest BCUT2D eigenvalue weighted by Crippen LogP contribution is 2.28. The molecular formula is C23H29N5O2. The van der Waals surface area contributed by atoms with Crippen LogP contribution >= 0.6 is 0 Å². The number of para-hydroxylation sites is 2. The molecule has 30 heavy (non-hydrogen) atoms. The predicted octanol–water partition coefficient (Wildman–Crippen LogP) is 4.53. The van der Waals surface area contributed by atoms with Gasteiger partial charge in [-0.1, -0.05) is 44.2 Å². The van der Waals surface area contributed by atoms with Crippen LogP contribution < -0.4 is 10.2 Å². The van der Waals surface area contributed by atoms with Crippen molar-refractivity contribution in [2.45, 2.75) is 51.4 Å². The molecule has 2 fully saturated rings. The molecule has 1 saturated heterocycles. The van der Waals surface area contributed by atoms with Crippen LogP contribution in [0.3, 0.4) is 0 Å². The van der Waals surface area contributed by atoms with Crippen molar-refractivity contribution in [1.82, 2.24) is 15.2 Å². The summed E-state index contributed by atoms with van der Waals surface area (Å²) >= 11 is 0. The van der Waals surface area contributed by atoms with Gasteiger partial charge in [0.25, 0.3) is 6.01 Å². The van der Waals surface area contributed by atoms with E-state index in [1.807, 2.05) is 30.3 Å². The molecule has 1 aromatic carbocycles. The Morgan fingerprint density at radius 1 is 1.13 bits per heavy atom. The van der Waals surface area contributed by atoms with Crippen LogP contribution in [0.2, 0.25) is 0 Å². The van der Waals surface area contributed by atoms with E-state index >= 15 is 0 Å². The molecule has 0 spiro atoms. The van der Waals surface area contributed by atoms with Gasteiger partial charge in [-0.05, 0) is 37.3 Å². The van der Waals surface area contributed by atoms with Crippen molar-refractivity contribution < 1.29 is 9.21 Å². The lowest BCUT2D eigenvalue weighted by Gasteiger charge is -2.29. The van der Waals surface area contributed by atoms with Crippen LogP contribution in [0.15, 0.2) is 34.7 Å². The van der Waals surface area contributed by atoms with E-state index in [2.05, 4.69) is 25.4 Å². The lowest BCUT2D eigenvalue weighted by atomic mass is 9.86. The summed E-state index contributed by atoms with van der Waals surface area (Å²) in [5, 5.41) is 10.4. The second-order valence-electron chi connectivity index (χ2n) is 8.70. The summed E-state index contributed by atoms with van der Waals surface area (Å²) in [4.78, 5) is 19.4. The molecule has 0 unspecified atom stereocenters. The smallest absolute Gasteiger partial charge is 0.298 e. The lowest BCUT2D eigenvalue weighted by Crippen LogP contribution is -2.38. The molecule has 1 aliphatic carbocycles. The van der Waals surface area contributed by atoms with E-state index in [0.717, 1.165) is 55.1 Å². The van der Waals surface area contributed by atoms with Crippen molar-refractivity contribution in [2.75, 3.05) is 23.3 Å². The van der Waals surface area contributed by atoms with Gasteiger partial charge >= 0.3 is 0 Å². The molecule has 1 saturated carbocycles. The maximum Gasteiger partial charge on any atom is 0.298 e. The van der Waals surface area contributed by atoms with Crippen molar-refractivity contribution >= 4 is 28.8 Å². The van der Waals surface area contributed by atoms with Gasteiger partial charge < -0.3 is 14.6 Å². The number of H-pyrrole nitrogens is 1. The number of carbonyl (C=O) groups excluding carboxylic acids is 1. The summed E-state index contributed by atoms with van der Waals surface area (Å²) in [6.07, 6.45) is 9.25. The Kier molecular flexibility index (Phi) is 5.43. The van der Waals surface area contributed by atoms with Crippen molar-refractivity contribution in [3.8, 4) is 0 Å². The van der Waals surface area contributed by atoms with Gasteiger partial charge in [0.1, 0.15) is 5.52 Å². The largest absolute Gasteiger partial charge is 0.423 e. The zero-order valence-electron chi connectivity index (χ0n) is 17.3. The molecular weight excluding hydrogens is 378 g/mol. The highest BCUT2D eigenvalue weighted by molar-refractivity contribution is 5.91. The van der Waals surface area contributed by atoms with Crippen LogP contribution in [0.5, 0.6) is 0 Å². The van der Waals surface area contributed by atoms with Gasteiger partial charge in [0.2, 0.25) is 5.91 Å². The number of aromatic nitrogens is 3. The number of nitrogens with one attached hydrogen (secondary N) is 2. The number of rotatable bonds is 5. The minimum absolute atomic E-state index is 0.0101. The molecule has 2 aromatic heterocycles. The first-order valence-electron chi connectivity index (χ1n) is 11.2. The molecule has 5 rings (SSSR count). The first-order valence-corrected chi connectivity index (χ1v) is 11.2. The van der Waals surface area contributed by atoms with Crippen molar-refractivity contribution in [3.05, 3.63) is 36.0 Å². The first kappa shape index (κ1) is 19.2. The predicted molar refractivity (Wildman–Crippen MR) is 116 cm³/mol. The van der Waals surface area contributed by atoms with Crippen molar-refractivity contribution in [3.63, 3.8) is 0 Å². The summed E-state index contributed by atoms with van der Waals surface area (Å²) in [6.45, 7) is 1.52. The molecule has 0 bridgehead atoms. The number of fused-ring (bicyclic) bond motifs is 1. The summed E-state index contributed by atoms with van der Waals surface area (Å²) in [6, 6.07) is 10.4. The number of benzene rings is 1. The number of piperidine rings is 1. The number of anilines is 2. The number of oxazole rings is 1. The van der Waals surface area contributed by atoms with Gasteiger partial charge in [0.05, 0.1) is 0 Å². The molecule has 0 radical (unpaired) electrons. The molecule has 7 nitrogen and oxygen atoms in total. The van der Waals surface area contributed by atoms with Crippen LogP contribution in [0.1, 0.15) is 50.6 Å². The van der Waals surface area contributed by atoms with Gasteiger partial charge in [-0.2, -0.15) is 10.1 Å². The van der Waals surface area contributed by atoms with E-state index in [1.54, 1.807) is 0 Å². The standard InChI is InChI=1S/C23H29N5O2/c29-22(25-21-15-18(26-27-21)14-16-6-2-1-3-7-16)17-10-12-28(13-11-17)23-24-19-8-4-5-9-20(19)30-23/h4-5,8-9,15-17H,1-3,6-7,10-14H2,(H2,25,26,27,29). The molecule has 7 heteroatoms. The fourth-order valence-electron chi connectivity index (χ4n) is 4.79. The molecule has 1 amide bonds. The summed E-state index contributed by atoms with van der Waals surface area (Å²) < 4.78 is 5.86. The number of hydrogen-bond acceptors (Lipinski definition) is 5. The van der Waals surface area contributed by atoms with Crippen molar-refractivity contribution in [2.24, 2.45) is 11.8 Å². The minimum atomic E-state index is -0.0101. The Labute approximate surface area is 176 Å². The van der Waals surface area contributed by atoms with Crippen LogP contribution in [0.25, 0.3) is 11.1 Å². The fraction of sp³-hybridized carbons (Fsp3) is 0.522. The topological polar surface area (TPSA) is 87.0 Å². The number of nitrogens with zero attached hydrogens (tertiary/aromatic N) is 3. The van der Waals surface area contributed by atoms with Gasteiger partial charge in [-0.15, -0.1) is 0 Å². The number of amides is 1. The van der Waals surface area contributed by atoms with E-state index in [1.165, 1.54) is 32.1 Å². The Balaban J connectivity index is 1.13. The Hall–Kier alpha value is -2.83. The third-order valence-electron chi connectivity index (χ3n) is 6.53. The average molecular weight is 408 g/mol. The average Bonchev–Trinajstić information content (AvgIpc) is 3.41. The second kappa shape index (κ2) is 8.50. The van der Waals surface area contributed by atoms with Crippen LogP contribution in [0, 0.1) is 11.8 Å². The van der Waals surface area contributed by atoms with E-state index < -0.39 is 0 Å². The molecule has 1 aliphatic heterocycles. The molecule has 158 valence electrons. The van der Waals surface area contributed by atoms with Crippen LogP contribution in [-0.4, -0.2) is 34.2 Å². The van der Waals surface area contributed by atoms with E-state index in [4.69, 9.17) is 4.42 Å². The van der Waals surface area contributed by atoms with E-state index in [0.29, 0.717) is 11.8 Å². The Bertz CT molecular complexity index is 963. The fourth-order valence-corrected chi connectivity index (χ4v) is 4.79. The summed E-state index contributed by atoms with van der Waals surface area (Å²) in [5.74, 6) is 1.44. The SMILES string of the molecule is O=C(Nc1cc(CC2CCCCC2)[nH]n1)C1CCN(c2nc3ccccc3o2)CC1. The lowest BCUT2D eigenvalue weighted by molar-refractivity contribution is -0.120. The number of carbonyl (C=O) groups is 1. The van der Waals surface area contributed by atoms with E-state index in [-0.39, 0.29) is 11.8 Å². The number of aromatic amines is 1. The molecule has 3 aromatic rings. The normalized spacial score (nSPS) is 18.7. The van der Waals surface area contributed by atoms with Gasteiger partial charge in [0, 0.05) is 30.8 Å². The minimum Gasteiger partial charge on any atom is -0.423 e. The Morgan fingerprint density at radius 2 is 1.93 bits per heavy atom. The van der Waals surface area contributed by atoms with Crippen molar-refractivity contribution in [1.29, 1.82) is 0 Å². The highest BCUT2D eigenvalue weighted by Gasteiger charge is 2.27. The quantitative estimate of drug-likeness (QED) is 0.649. The third kappa shape index (κ3) is 4.20. The highest BCUT2D eigenvalue weighted by atomic mass is 16.4. The number of hydrogen-bond donors (Lipinski definition) is 2. The third-order valence-corrected chi connectivity index (χ3v) is 6.53. The first-order chi connectivity index (χ1) is 14.7. The summed E-state index contributed by atoms with van der Waals surface area (Å²) in [7, 11) is 0. The van der Waals surface area contributed by atoms with Crippen LogP contribution in [0.4, 0.5) is 11.8 Å². The molecule has 3 heterocycles. The zero-order valence-corrected chi connectivity index (χ0v) is 17.3. The van der Waals surface area contributed by atoms with Gasteiger partial charge in [-0.3, -0.25) is 9.89 Å². The summed E-state index contributed by atoms with van der Waals surface area (Å²) in [5.41, 5.74) is 2.80. The maximum absolute atomic E-state index is 12.7. The molecule has 0 atom stereocenters. The zero-order chi connectivity index (χ0) is 20.3.